The maximum atomic E-state index is 12.4. The molecule has 31 heavy (non-hydrogen) atoms. The summed E-state index contributed by atoms with van der Waals surface area (Å²) in [6, 6.07) is 17.2. The molecule has 0 unspecified atom stereocenters. The fourth-order valence-corrected chi connectivity index (χ4v) is 3.17. The largest absolute Gasteiger partial charge is 0.497 e. The van der Waals surface area contributed by atoms with Crippen molar-refractivity contribution in [3.8, 4) is 5.75 Å². The fourth-order valence-electron chi connectivity index (χ4n) is 3.17. The average Bonchev–Trinajstić information content (AvgIpc) is 2.78. The molecule has 0 saturated carbocycles. The van der Waals surface area contributed by atoms with Crippen molar-refractivity contribution in [2.75, 3.05) is 20.7 Å². The van der Waals surface area contributed by atoms with Crippen LogP contribution in [0.3, 0.4) is 0 Å². The minimum Gasteiger partial charge on any atom is -0.497 e. The van der Waals surface area contributed by atoms with E-state index in [0.29, 0.717) is 12.1 Å². The van der Waals surface area contributed by atoms with Crippen LogP contribution in [0.1, 0.15) is 22.3 Å². The molecule has 0 radical (unpaired) electrons. The summed E-state index contributed by atoms with van der Waals surface area (Å²) in [5.41, 5.74) is 1.23. The van der Waals surface area contributed by atoms with Gasteiger partial charge in [-0.05, 0) is 46.7 Å². The number of methoxy groups -OCH3 is 1. The lowest BCUT2D eigenvalue weighted by Crippen LogP contribution is -2.31. The van der Waals surface area contributed by atoms with Crippen LogP contribution in [0.4, 0.5) is 5.69 Å². The first-order chi connectivity index (χ1) is 14.9. The first-order valence-electron chi connectivity index (χ1n) is 9.70. The van der Waals surface area contributed by atoms with Crippen molar-refractivity contribution in [1.29, 1.82) is 0 Å². The highest BCUT2D eigenvalue weighted by atomic mass is 16.6. The van der Waals surface area contributed by atoms with Gasteiger partial charge < -0.3 is 15.0 Å². The molecule has 0 atom stereocenters. The number of nitrogens with zero attached hydrogens (tertiary/aromatic N) is 2. The highest BCUT2D eigenvalue weighted by molar-refractivity contribution is 5.94. The topological polar surface area (TPSA) is 102 Å². The Morgan fingerprint density at radius 2 is 1.71 bits per heavy atom. The number of amides is 2. The van der Waals surface area contributed by atoms with E-state index in [-0.39, 0.29) is 30.5 Å². The number of fused-ring (bicyclic) bond motifs is 1. The van der Waals surface area contributed by atoms with Crippen LogP contribution >= 0.6 is 0 Å². The standard InChI is InChI=1S/C23H23N3O5/c1-25(15-16-3-4-19-14-21(31-2)10-7-18(19)13-16)22(27)11-12-24-23(28)17-5-8-20(9-6-17)26(29)30/h3-10,13-14H,11-12,15H2,1-2H3,(H,24,28). The number of benzene rings is 3. The number of nitro benzene ring substituents is 1. The summed E-state index contributed by atoms with van der Waals surface area (Å²) < 4.78 is 5.24. The predicted octanol–water partition coefficient (Wildman–Crippen LogP) is 3.54. The number of non-ortho nitro benzene ring substituents is 1. The molecule has 3 aromatic rings. The van der Waals surface area contributed by atoms with Crippen LogP contribution in [0.2, 0.25) is 0 Å². The minimum absolute atomic E-state index is 0.0822. The van der Waals surface area contributed by atoms with Gasteiger partial charge in [0.2, 0.25) is 5.91 Å². The van der Waals surface area contributed by atoms with E-state index in [9.17, 15) is 19.7 Å². The zero-order chi connectivity index (χ0) is 22.4. The quantitative estimate of drug-likeness (QED) is 0.443. The molecule has 0 aliphatic carbocycles. The smallest absolute Gasteiger partial charge is 0.269 e. The molecule has 8 nitrogen and oxygen atoms in total. The van der Waals surface area contributed by atoms with Gasteiger partial charge in [0.1, 0.15) is 5.75 Å². The fraction of sp³-hybridized carbons (Fsp3) is 0.217. The number of nitrogens with one attached hydrogen (secondary N) is 1. The van der Waals surface area contributed by atoms with Crippen molar-refractivity contribution < 1.29 is 19.2 Å². The Labute approximate surface area is 179 Å². The highest BCUT2D eigenvalue weighted by Crippen LogP contribution is 2.22. The average molecular weight is 421 g/mol. The number of carbonyl (C=O) groups is 2. The van der Waals surface area contributed by atoms with Gasteiger partial charge in [-0.3, -0.25) is 19.7 Å². The number of hydrogen-bond acceptors (Lipinski definition) is 5. The lowest BCUT2D eigenvalue weighted by molar-refractivity contribution is -0.384. The lowest BCUT2D eigenvalue weighted by atomic mass is 10.1. The molecule has 0 aromatic heterocycles. The molecule has 0 heterocycles. The zero-order valence-electron chi connectivity index (χ0n) is 17.3. The Kier molecular flexibility index (Phi) is 6.81. The van der Waals surface area contributed by atoms with Gasteiger partial charge in [-0.25, -0.2) is 0 Å². The van der Waals surface area contributed by atoms with Crippen LogP contribution in [0, 0.1) is 10.1 Å². The molecular weight excluding hydrogens is 398 g/mol. The van der Waals surface area contributed by atoms with E-state index in [1.807, 2.05) is 36.4 Å². The van der Waals surface area contributed by atoms with E-state index in [1.54, 1.807) is 19.1 Å². The van der Waals surface area contributed by atoms with E-state index in [0.717, 1.165) is 22.1 Å². The molecule has 3 rings (SSSR count). The van der Waals surface area contributed by atoms with Crippen molar-refractivity contribution >= 4 is 28.3 Å². The third-order valence-corrected chi connectivity index (χ3v) is 4.92. The van der Waals surface area contributed by atoms with Gasteiger partial charge in [0.25, 0.3) is 11.6 Å². The van der Waals surface area contributed by atoms with Crippen molar-refractivity contribution in [3.05, 3.63) is 81.9 Å². The third kappa shape index (κ3) is 5.57. The number of nitro groups is 1. The second kappa shape index (κ2) is 9.71. The van der Waals surface area contributed by atoms with Crippen molar-refractivity contribution in [3.63, 3.8) is 0 Å². The van der Waals surface area contributed by atoms with Crippen LogP contribution in [-0.2, 0) is 11.3 Å². The van der Waals surface area contributed by atoms with Gasteiger partial charge in [-0.2, -0.15) is 0 Å². The predicted molar refractivity (Wildman–Crippen MR) is 117 cm³/mol. The Morgan fingerprint density at radius 1 is 1.03 bits per heavy atom. The summed E-state index contributed by atoms with van der Waals surface area (Å²) in [6.45, 7) is 0.633. The van der Waals surface area contributed by atoms with E-state index in [1.165, 1.54) is 24.3 Å². The van der Waals surface area contributed by atoms with Gasteiger partial charge in [0, 0.05) is 44.3 Å². The molecule has 0 aliphatic rings. The Morgan fingerprint density at radius 3 is 2.39 bits per heavy atom. The molecule has 0 saturated heterocycles. The van der Waals surface area contributed by atoms with E-state index in [4.69, 9.17) is 4.74 Å². The number of hydrogen-bond donors (Lipinski definition) is 1. The number of ether oxygens (including phenoxy) is 1. The number of rotatable bonds is 8. The second-order valence-electron chi connectivity index (χ2n) is 7.11. The molecule has 0 aliphatic heterocycles. The van der Waals surface area contributed by atoms with Crippen molar-refractivity contribution in [1.82, 2.24) is 10.2 Å². The molecule has 0 spiro atoms. The maximum Gasteiger partial charge on any atom is 0.269 e. The minimum atomic E-state index is -0.525. The zero-order valence-corrected chi connectivity index (χ0v) is 17.3. The lowest BCUT2D eigenvalue weighted by Gasteiger charge is -2.18. The van der Waals surface area contributed by atoms with Gasteiger partial charge in [-0.1, -0.05) is 18.2 Å². The Hall–Kier alpha value is -3.94. The maximum absolute atomic E-state index is 12.4. The van der Waals surface area contributed by atoms with Gasteiger partial charge >= 0.3 is 0 Å². The summed E-state index contributed by atoms with van der Waals surface area (Å²) in [7, 11) is 3.35. The third-order valence-electron chi connectivity index (χ3n) is 4.92. The first kappa shape index (κ1) is 21.8. The summed E-state index contributed by atoms with van der Waals surface area (Å²) in [4.78, 5) is 36.3. The summed E-state index contributed by atoms with van der Waals surface area (Å²) in [5, 5.41) is 15.5. The summed E-state index contributed by atoms with van der Waals surface area (Å²) >= 11 is 0. The Balaban J connectivity index is 1.50. The van der Waals surface area contributed by atoms with Gasteiger partial charge in [-0.15, -0.1) is 0 Å². The van der Waals surface area contributed by atoms with Gasteiger partial charge in [0.05, 0.1) is 12.0 Å². The van der Waals surface area contributed by atoms with Crippen LogP contribution in [-0.4, -0.2) is 42.3 Å². The molecule has 160 valence electrons. The molecular formula is C23H23N3O5. The van der Waals surface area contributed by atoms with E-state index < -0.39 is 4.92 Å². The van der Waals surface area contributed by atoms with Crippen LogP contribution in [0.25, 0.3) is 10.8 Å². The van der Waals surface area contributed by atoms with E-state index >= 15 is 0 Å². The molecule has 0 fully saturated rings. The van der Waals surface area contributed by atoms with Crippen molar-refractivity contribution in [2.45, 2.75) is 13.0 Å². The highest BCUT2D eigenvalue weighted by Gasteiger charge is 2.12. The van der Waals surface area contributed by atoms with Crippen LogP contribution in [0.15, 0.2) is 60.7 Å². The molecule has 8 heteroatoms. The normalized spacial score (nSPS) is 10.5. The monoisotopic (exact) mass is 421 g/mol. The molecule has 0 bridgehead atoms. The van der Waals surface area contributed by atoms with Crippen molar-refractivity contribution in [2.24, 2.45) is 0 Å². The number of carbonyl (C=O) groups excluding carboxylic acids is 2. The SMILES string of the molecule is COc1ccc2cc(CN(C)C(=O)CCNC(=O)c3ccc([N+](=O)[O-])cc3)ccc2c1. The molecule has 1 N–H and O–H groups in total. The van der Waals surface area contributed by atoms with Crippen LogP contribution in [0.5, 0.6) is 5.75 Å². The van der Waals surface area contributed by atoms with Gasteiger partial charge in [0.15, 0.2) is 0 Å². The summed E-state index contributed by atoms with van der Waals surface area (Å²) in [6.07, 6.45) is 0.153. The summed E-state index contributed by atoms with van der Waals surface area (Å²) in [5.74, 6) is 0.317. The Bertz CT molecular complexity index is 1110. The molecule has 2 amide bonds. The van der Waals surface area contributed by atoms with Crippen LogP contribution < -0.4 is 10.1 Å². The first-order valence-corrected chi connectivity index (χ1v) is 9.70. The second-order valence-corrected chi connectivity index (χ2v) is 7.11. The van der Waals surface area contributed by atoms with E-state index in [2.05, 4.69) is 5.32 Å². The molecule has 3 aromatic carbocycles.